The third-order valence-corrected chi connectivity index (χ3v) is 10.5. The van der Waals surface area contributed by atoms with E-state index in [0.29, 0.717) is 22.9 Å². The van der Waals surface area contributed by atoms with Crippen LogP contribution in [0.15, 0.2) is 24.3 Å². The van der Waals surface area contributed by atoms with Crippen molar-refractivity contribution in [1.82, 2.24) is 0 Å². The topological polar surface area (TPSA) is 66.8 Å². The minimum absolute atomic E-state index is 0.257. The van der Waals surface area contributed by atoms with Crippen LogP contribution in [-0.4, -0.2) is 35.0 Å². The van der Waals surface area contributed by atoms with E-state index in [1.165, 1.54) is 38.5 Å². The molecule has 0 spiro atoms. The van der Waals surface area contributed by atoms with Gasteiger partial charge in [0.05, 0.1) is 11.7 Å². The van der Waals surface area contributed by atoms with E-state index in [0.717, 1.165) is 42.6 Å². The van der Waals surface area contributed by atoms with Gasteiger partial charge in [-0.3, -0.25) is 0 Å². The van der Waals surface area contributed by atoms with Gasteiger partial charge in [0.25, 0.3) is 0 Å². The van der Waals surface area contributed by atoms with E-state index in [9.17, 15) is 9.90 Å². The van der Waals surface area contributed by atoms with Crippen LogP contribution in [-0.2, 0) is 4.74 Å². The van der Waals surface area contributed by atoms with Crippen LogP contribution in [0.2, 0.25) is 0 Å². The molecule has 33 heavy (non-hydrogen) atoms. The van der Waals surface area contributed by atoms with E-state index in [2.05, 4.69) is 25.7 Å². The molecule has 1 aromatic carbocycles. The molecule has 3 unspecified atom stereocenters. The highest BCUT2D eigenvalue weighted by Crippen LogP contribution is 2.67. The number of hydrogen-bond acceptors (Lipinski definition) is 3. The first kappa shape index (κ1) is 22.9. The van der Waals surface area contributed by atoms with Crippen molar-refractivity contribution in [2.24, 2.45) is 34.5 Å². The molecule has 5 rings (SSSR count). The van der Waals surface area contributed by atoms with Gasteiger partial charge in [0.2, 0.25) is 0 Å². The van der Waals surface area contributed by atoms with Crippen LogP contribution < -0.4 is 0 Å². The lowest BCUT2D eigenvalue weighted by Crippen LogP contribution is -2.56. The molecule has 1 aromatic rings. The van der Waals surface area contributed by atoms with Crippen molar-refractivity contribution in [3.8, 4) is 11.8 Å². The number of hydrogen-bond donors (Lipinski definition) is 2. The van der Waals surface area contributed by atoms with Crippen LogP contribution in [0.25, 0.3) is 0 Å². The molecule has 4 aliphatic carbocycles. The molecule has 0 radical (unpaired) electrons. The van der Waals surface area contributed by atoms with Crippen LogP contribution in [0, 0.1) is 46.3 Å². The summed E-state index contributed by atoms with van der Waals surface area (Å²) in [5.41, 5.74) is 0.709. The summed E-state index contributed by atoms with van der Waals surface area (Å²) in [6.07, 6.45) is 10.5. The van der Waals surface area contributed by atoms with E-state index in [1.54, 1.807) is 24.3 Å². The third-order valence-electron chi connectivity index (χ3n) is 10.5. The molecule has 4 nitrogen and oxygen atoms in total. The van der Waals surface area contributed by atoms with Gasteiger partial charge in [-0.25, -0.2) is 4.79 Å². The maximum absolute atomic E-state index is 11.4. The molecule has 2 N–H and O–H groups in total. The van der Waals surface area contributed by atoms with E-state index < -0.39 is 11.6 Å². The number of methoxy groups -OCH3 is 1. The van der Waals surface area contributed by atoms with Crippen molar-refractivity contribution in [2.75, 3.05) is 7.11 Å². The second-order valence-corrected chi connectivity index (χ2v) is 11.9. The van der Waals surface area contributed by atoms with Crippen molar-refractivity contribution < 1.29 is 19.7 Å². The van der Waals surface area contributed by atoms with Crippen LogP contribution in [0.1, 0.15) is 87.6 Å². The Hall–Kier alpha value is -1.83. The number of carboxylic acids is 1. The van der Waals surface area contributed by atoms with Gasteiger partial charge < -0.3 is 14.9 Å². The molecule has 0 amide bonds. The molecule has 4 saturated carbocycles. The number of benzene rings is 1. The number of aliphatic hydroxyl groups is 1. The molecule has 4 fully saturated rings. The largest absolute Gasteiger partial charge is 0.478 e. The highest BCUT2D eigenvalue weighted by molar-refractivity contribution is 5.87. The van der Waals surface area contributed by atoms with Crippen molar-refractivity contribution in [3.63, 3.8) is 0 Å². The van der Waals surface area contributed by atoms with E-state index in [-0.39, 0.29) is 5.56 Å². The average molecular weight is 451 g/mol. The monoisotopic (exact) mass is 450 g/mol. The minimum Gasteiger partial charge on any atom is -0.478 e. The zero-order valence-electron chi connectivity index (χ0n) is 20.3. The fourth-order valence-corrected chi connectivity index (χ4v) is 8.58. The molecule has 178 valence electrons. The van der Waals surface area contributed by atoms with Crippen molar-refractivity contribution in [1.29, 1.82) is 0 Å². The molecular weight excluding hydrogens is 412 g/mol. The Labute approximate surface area is 198 Å². The Bertz CT molecular complexity index is 974. The van der Waals surface area contributed by atoms with Gasteiger partial charge in [-0.2, -0.15) is 0 Å². The van der Waals surface area contributed by atoms with Crippen LogP contribution in [0.5, 0.6) is 0 Å². The van der Waals surface area contributed by atoms with Crippen LogP contribution >= 0.6 is 0 Å². The zero-order valence-corrected chi connectivity index (χ0v) is 20.3. The fraction of sp³-hybridized carbons (Fsp3) is 0.690. The fourth-order valence-electron chi connectivity index (χ4n) is 8.58. The maximum atomic E-state index is 11.4. The maximum Gasteiger partial charge on any atom is 0.335 e. The molecule has 8 atom stereocenters. The second-order valence-electron chi connectivity index (χ2n) is 11.9. The predicted octanol–water partition coefficient (Wildman–Crippen LogP) is 5.53. The highest BCUT2D eigenvalue weighted by Gasteiger charge is 2.61. The standard InChI is InChI=1S/C29H38O4/c1-27-16-17-29(32,15-12-19-4-6-20(7-5-19)26(30)31)18-21(27)8-9-22-23-10-11-25(33-3)28(23,2)14-13-24(22)27/h4-7,21-25,32H,8-11,13-14,16-18H2,1-3H3,(H,30,31)/t21?,22-,23-,24+,25?,27-,28-,29?/m0/s1. The normalized spacial score (nSPS) is 44.1. The predicted molar refractivity (Wildman–Crippen MR) is 128 cm³/mol. The Morgan fingerprint density at radius 2 is 1.70 bits per heavy atom. The summed E-state index contributed by atoms with van der Waals surface area (Å²) in [6.45, 7) is 5.00. The minimum atomic E-state index is -0.944. The molecule has 0 heterocycles. The number of carboxylic acid groups (broad SMARTS) is 1. The Kier molecular flexibility index (Phi) is 5.66. The van der Waals surface area contributed by atoms with E-state index in [1.807, 2.05) is 7.11 Å². The first-order valence-electron chi connectivity index (χ1n) is 12.8. The second kappa shape index (κ2) is 8.14. The molecule has 4 heteroatoms. The van der Waals surface area contributed by atoms with Crippen molar-refractivity contribution in [3.05, 3.63) is 35.4 Å². The van der Waals surface area contributed by atoms with Gasteiger partial charge in [-0.1, -0.05) is 25.7 Å². The first-order chi connectivity index (χ1) is 15.7. The Morgan fingerprint density at radius 3 is 2.39 bits per heavy atom. The van der Waals surface area contributed by atoms with E-state index in [4.69, 9.17) is 9.84 Å². The summed E-state index contributed by atoms with van der Waals surface area (Å²) >= 11 is 0. The molecule has 0 bridgehead atoms. The lowest BCUT2D eigenvalue weighted by atomic mass is 9.44. The summed E-state index contributed by atoms with van der Waals surface area (Å²) in [7, 11) is 1.89. The van der Waals surface area contributed by atoms with Gasteiger partial charge in [0.15, 0.2) is 0 Å². The summed E-state index contributed by atoms with van der Waals surface area (Å²) in [6, 6.07) is 6.60. The molecule has 0 saturated heterocycles. The Morgan fingerprint density at radius 1 is 0.970 bits per heavy atom. The SMILES string of the molecule is COC1CC[C@H]2[C@@H]3CCC4CC(O)(C#Cc5ccc(C(=O)O)cc5)CC[C@]4(C)[C@@H]3CC[C@]12C. The molecule has 4 aliphatic rings. The van der Waals surface area contributed by atoms with Gasteiger partial charge in [-0.15, -0.1) is 0 Å². The summed E-state index contributed by atoms with van der Waals surface area (Å²) < 4.78 is 5.93. The van der Waals surface area contributed by atoms with Gasteiger partial charge >= 0.3 is 5.97 Å². The average Bonchev–Trinajstić information content (AvgIpc) is 3.15. The molecular formula is C29H38O4. The smallest absolute Gasteiger partial charge is 0.335 e. The van der Waals surface area contributed by atoms with E-state index >= 15 is 0 Å². The van der Waals surface area contributed by atoms with Gasteiger partial charge in [-0.05, 0) is 117 Å². The quantitative estimate of drug-likeness (QED) is 0.582. The first-order valence-corrected chi connectivity index (χ1v) is 12.8. The highest BCUT2D eigenvalue weighted by atomic mass is 16.5. The summed E-state index contributed by atoms with van der Waals surface area (Å²) in [5.74, 6) is 8.23. The number of fused-ring (bicyclic) bond motifs is 5. The van der Waals surface area contributed by atoms with Crippen LogP contribution in [0.4, 0.5) is 0 Å². The van der Waals surface area contributed by atoms with Crippen molar-refractivity contribution >= 4 is 5.97 Å². The summed E-state index contributed by atoms with van der Waals surface area (Å²) in [4.78, 5) is 11.1. The number of rotatable bonds is 2. The zero-order chi connectivity index (χ0) is 23.4. The van der Waals surface area contributed by atoms with Crippen molar-refractivity contribution in [2.45, 2.75) is 83.3 Å². The lowest BCUT2D eigenvalue weighted by Gasteiger charge is -2.61. The summed E-state index contributed by atoms with van der Waals surface area (Å²) in [5, 5.41) is 20.5. The third kappa shape index (κ3) is 3.72. The van der Waals surface area contributed by atoms with Gasteiger partial charge in [0, 0.05) is 12.7 Å². The number of carbonyl (C=O) groups is 1. The molecule has 0 aliphatic heterocycles. The Balaban J connectivity index is 1.32. The van der Waals surface area contributed by atoms with Gasteiger partial charge in [0.1, 0.15) is 5.60 Å². The van der Waals surface area contributed by atoms with Crippen LogP contribution in [0.3, 0.4) is 0 Å². The number of ether oxygens (including phenoxy) is 1. The lowest BCUT2D eigenvalue weighted by molar-refractivity contribution is -0.146. The number of aromatic carboxylic acids is 1. The molecule has 0 aromatic heterocycles.